The average Bonchev–Trinajstić information content (AvgIpc) is 2.73. The van der Waals surface area contributed by atoms with E-state index in [4.69, 9.17) is 4.74 Å². The summed E-state index contributed by atoms with van der Waals surface area (Å²) in [5.41, 5.74) is 3.67. The van der Waals surface area contributed by atoms with Gasteiger partial charge in [0.25, 0.3) is 5.91 Å². The van der Waals surface area contributed by atoms with Gasteiger partial charge in [-0.15, -0.1) is 0 Å². The zero-order valence-corrected chi connectivity index (χ0v) is 15.5. The van der Waals surface area contributed by atoms with Crippen LogP contribution < -0.4 is 4.90 Å². The van der Waals surface area contributed by atoms with Crippen LogP contribution in [0, 0.1) is 5.92 Å². The van der Waals surface area contributed by atoms with E-state index in [1.165, 1.54) is 17.5 Å². The molecule has 2 unspecified atom stereocenters. The number of rotatable bonds is 6. The number of methoxy groups -OCH3 is 1. The fourth-order valence-electron chi connectivity index (χ4n) is 3.24. The van der Waals surface area contributed by atoms with Crippen LogP contribution >= 0.6 is 15.9 Å². The highest BCUT2D eigenvalue weighted by atomic mass is 79.9. The molecular weight excluding hydrogens is 342 g/mol. The Bertz CT molecular complexity index is 530. The topological polar surface area (TPSA) is 29.5 Å². The van der Waals surface area contributed by atoms with Crippen LogP contribution in [0.15, 0.2) is 18.2 Å². The molecule has 4 heteroatoms. The lowest BCUT2D eigenvalue weighted by Crippen LogP contribution is -2.38. The van der Waals surface area contributed by atoms with Crippen LogP contribution in [-0.2, 0) is 22.4 Å². The number of benzene rings is 1. The molecule has 0 saturated carbocycles. The van der Waals surface area contributed by atoms with Crippen LogP contribution in [-0.4, -0.2) is 30.5 Å². The predicted molar refractivity (Wildman–Crippen MR) is 94.8 cm³/mol. The third kappa shape index (κ3) is 4.11. The van der Waals surface area contributed by atoms with Crippen molar-refractivity contribution in [2.45, 2.75) is 50.9 Å². The highest BCUT2D eigenvalue weighted by Crippen LogP contribution is 2.33. The maximum atomic E-state index is 12.2. The minimum atomic E-state index is 0.0414. The summed E-state index contributed by atoms with van der Waals surface area (Å²) in [4.78, 5) is 14.6. The first-order valence-electron chi connectivity index (χ1n) is 7.99. The summed E-state index contributed by atoms with van der Waals surface area (Å²) < 4.78 is 5.00. The molecule has 0 bridgehead atoms. The number of alkyl halides is 1. The molecule has 122 valence electrons. The van der Waals surface area contributed by atoms with Crippen molar-refractivity contribution in [3.8, 4) is 0 Å². The first-order valence-corrected chi connectivity index (χ1v) is 8.90. The van der Waals surface area contributed by atoms with Gasteiger partial charge in [-0.1, -0.05) is 41.9 Å². The molecule has 1 aromatic carbocycles. The third-order valence-electron chi connectivity index (χ3n) is 4.08. The van der Waals surface area contributed by atoms with Gasteiger partial charge in [-0.05, 0) is 49.3 Å². The number of halogens is 1. The summed E-state index contributed by atoms with van der Waals surface area (Å²) in [6.45, 7) is 6.73. The molecule has 0 aromatic heterocycles. The van der Waals surface area contributed by atoms with Crippen LogP contribution in [0.1, 0.15) is 38.3 Å². The van der Waals surface area contributed by atoms with Gasteiger partial charge in [-0.25, -0.2) is 0 Å². The van der Waals surface area contributed by atoms with Gasteiger partial charge >= 0.3 is 0 Å². The smallest absolute Gasteiger partial charge is 0.253 e. The van der Waals surface area contributed by atoms with Gasteiger partial charge < -0.3 is 9.64 Å². The second-order valence-corrected chi connectivity index (χ2v) is 7.94. The molecule has 0 N–H and O–H groups in total. The van der Waals surface area contributed by atoms with Crippen LogP contribution in [0.2, 0.25) is 0 Å². The van der Waals surface area contributed by atoms with Crippen molar-refractivity contribution in [2.24, 2.45) is 5.92 Å². The lowest BCUT2D eigenvalue weighted by molar-refractivity contribution is -0.122. The van der Waals surface area contributed by atoms with E-state index < -0.39 is 0 Å². The molecule has 0 spiro atoms. The van der Waals surface area contributed by atoms with Crippen molar-refractivity contribution in [1.82, 2.24) is 0 Å². The molecule has 3 nitrogen and oxygen atoms in total. The fraction of sp³-hybridized carbons (Fsp3) is 0.611. The zero-order valence-electron chi connectivity index (χ0n) is 13.9. The van der Waals surface area contributed by atoms with Crippen LogP contribution in [0.3, 0.4) is 0 Å². The Morgan fingerprint density at radius 2 is 2.18 bits per heavy atom. The van der Waals surface area contributed by atoms with Gasteiger partial charge in [0.15, 0.2) is 0 Å². The largest absolute Gasteiger partial charge is 0.375 e. The van der Waals surface area contributed by atoms with Crippen molar-refractivity contribution in [2.75, 3.05) is 18.6 Å². The van der Waals surface area contributed by atoms with E-state index in [0.717, 1.165) is 18.5 Å². The maximum absolute atomic E-state index is 12.2. The van der Waals surface area contributed by atoms with E-state index in [1.807, 2.05) is 4.90 Å². The molecule has 1 amide bonds. The molecule has 0 radical (unpaired) electrons. The Balaban J connectivity index is 2.13. The van der Waals surface area contributed by atoms with E-state index >= 15 is 0 Å². The van der Waals surface area contributed by atoms with E-state index in [1.54, 1.807) is 7.11 Å². The summed E-state index contributed by atoms with van der Waals surface area (Å²) >= 11 is 3.78. The van der Waals surface area contributed by atoms with Crippen molar-refractivity contribution >= 4 is 27.5 Å². The highest BCUT2D eigenvalue weighted by Gasteiger charge is 2.30. The molecule has 0 aliphatic carbocycles. The molecule has 2 rings (SSSR count). The molecule has 0 fully saturated rings. The molecule has 1 aliphatic rings. The van der Waals surface area contributed by atoms with Gasteiger partial charge in [-0.2, -0.15) is 0 Å². The average molecular weight is 368 g/mol. The van der Waals surface area contributed by atoms with Crippen molar-refractivity contribution in [3.63, 3.8) is 0 Å². The third-order valence-corrected chi connectivity index (χ3v) is 4.78. The number of hydrogen-bond donors (Lipinski definition) is 0. The van der Waals surface area contributed by atoms with E-state index in [2.05, 4.69) is 54.9 Å². The standard InChI is InChI=1S/C18H26BrNO2/c1-12(2)7-16(19)10-14-5-6-17-15(9-14)8-13(3)20(17)18(21)11-22-4/h5-6,9,12-13,16H,7-8,10-11H2,1-4H3. The van der Waals surface area contributed by atoms with E-state index in [-0.39, 0.29) is 18.6 Å². The number of amides is 1. The van der Waals surface area contributed by atoms with Crippen LogP contribution in [0.4, 0.5) is 5.69 Å². The molecule has 1 aromatic rings. The summed E-state index contributed by atoms with van der Waals surface area (Å²) in [6, 6.07) is 6.72. The number of carbonyl (C=O) groups is 1. The Labute approximate surface area is 142 Å². The minimum Gasteiger partial charge on any atom is -0.375 e. The van der Waals surface area contributed by atoms with Gasteiger partial charge in [0, 0.05) is 23.7 Å². The minimum absolute atomic E-state index is 0.0414. The van der Waals surface area contributed by atoms with Crippen molar-refractivity contribution in [1.29, 1.82) is 0 Å². The van der Waals surface area contributed by atoms with Gasteiger partial charge in [0.05, 0.1) is 0 Å². The summed E-state index contributed by atoms with van der Waals surface area (Å²) in [7, 11) is 1.56. The van der Waals surface area contributed by atoms with E-state index in [0.29, 0.717) is 10.7 Å². The van der Waals surface area contributed by atoms with Gasteiger partial charge in [0.1, 0.15) is 6.61 Å². The molecule has 1 aliphatic heterocycles. The SMILES string of the molecule is COCC(=O)N1c2ccc(CC(Br)CC(C)C)cc2CC1C. The lowest BCUT2D eigenvalue weighted by atomic mass is 10.00. The first-order chi connectivity index (χ1) is 10.4. The molecule has 0 saturated heterocycles. The number of carbonyl (C=O) groups excluding carboxylic acids is 1. The monoisotopic (exact) mass is 367 g/mol. The van der Waals surface area contributed by atoms with Crippen LogP contribution in [0.25, 0.3) is 0 Å². The second-order valence-electron chi connectivity index (χ2n) is 6.64. The quantitative estimate of drug-likeness (QED) is 0.712. The summed E-state index contributed by atoms with van der Waals surface area (Å²) in [6.07, 6.45) is 3.13. The summed E-state index contributed by atoms with van der Waals surface area (Å²) in [5.74, 6) is 0.737. The first kappa shape index (κ1) is 17.5. The van der Waals surface area contributed by atoms with Gasteiger partial charge in [-0.3, -0.25) is 4.79 Å². The van der Waals surface area contributed by atoms with E-state index in [9.17, 15) is 4.79 Å². The zero-order chi connectivity index (χ0) is 16.3. The Kier molecular flexibility index (Phi) is 6.04. The normalized spacial score (nSPS) is 18.6. The Morgan fingerprint density at radius 1 is 1.45 bits per heavy atom. The summed E-state index contributed by atoms with van der Waals surface area (Å²) in [5, 5.41) is 0. The lowest BCUT2D eigenvalue weighted by Gasteiger charge is -2.22. The predicted octanol–water partition coefficient (Wildman–Crippen LogP) is 3.96. The Hall–Kier alpha value is -0.870. The molecule has 22 heavy (non-hydrogen) atoms. The van der Waals surface area contributed by atoms with Crippen molar-refractivity contribution in [3.05, 3.63) is 29.3 Å². The Morgan fingerprint density at radius 3 is 2.82 bits per heavy atom. The van der Waals surface area contributed by atoms with Crippen LogP contribution in [0.5, 0.6) is 0 Å². The number of hydrogen-bond acceptors (Lipinski definition) is 2. The van der Waals surface area contributed by atoms with Gasteiger partial charge in [0.2, 0.25) is 0 Å². The maximum Gasteiger partial charge on any atom is 0.253 e. The number of ether oxygens (including phenoxy) is 1. The fourth-order valence-corrected chi connectivity index (χ4v) is 4.36. The number of fused-ring (bicyclic) bond motifs is 1. The number of nitrogens with zero attached hydrogens (tertiary/aromatic N) is 1. The highest BCUT2D eigenvalue weighted by molar-refractivity contribution is 9.09. The molecule has 1 heterocycles. The molecule has 2 atom stereocenters. The molecular formula is C18H26BrNO2. The second kappa shape index (κ2) is 7.60. The van der Waals surface area contributed by atoms with Crippen molar-refractivity contribution < 1.29 is 9.53 Å². The number of anilines is 1.